The second-order valence-corrected chi connectivity index (χ2v) is 7.31. The minimum absolute atomic E-state index is 0.273. The van der Waals surface area contributed by atoms with E-state index in [1.807, 2.05) is 6.07 Å². The first-order chi connectivity index (χ1) is 9.90. The fraction of sp³-hybridized carbons (Fsp3) is 0.579. The van der Waals surface area contributed by atoms with Gasteiger partial charge in [0.2, 0.25) is 0 Å². The molecule has 0 spiro atoms. The van der Waals surface area contributed by atoms with Crippen LogP contribution in [0.1, 0.15) is 51.4 Å². The Hall–Kier alpha value is -1.28. The Labute approximate surface area is 127 Å². The van der Waals surface area contributed by atoms with Crippen molar-refractivity contribution in [3.05, 3.63) is 35.6 Å². The zero-order valence-corrected chi connectivity index (χ0v) is 13.5. The molecule has 114 valence electrons. The third-order valence-electron chi connectivity index (χ3n) is 5.15. The minimum atomic E-state index is -0.821. The number of fused-ring (bicyclic) bond motifs is 1. The van der Waals surface area contributed by atoms with Gasteiger partial charge in [-0.3, -0.25) is 0 Å². The van der Waals surface area contributed by atoms with Crippen LogP contribution in [-0.2, 0) is 5.60 Å². The molecule has 0 saturated heterocycles. The quantitative estimate of drug-likeness (QED) is 0.840. The Bertz CT molecular complexity index is 640. The van der Waals surface area contributed by atoms with Crippen LogP contribution in [0, 0.1) is 24.7 Å². The molecule has 3 atom stereocenters. The minimum Gasteiger partial charge on any atom is -0.458 e. The number of furan rings is 1. The lowest BCUT2D eigenvalue weighted by molar-refractivity contribution is -0.0998. The van der Waals surface area contributed by atoms with Gasteiger partial charge in [-0.2, -0.15) is 0 Å². The molecule has 3 rings (SSSR count). The summed E-state index contributed by atoms with van der Waals surface area (Å²) < 4.78 is 6.04. The molecule has 1 aromatic carbocycles. The molecular formula is C19H26O2. The number of hydrogen-bond acceptors (Lipinski definition) is 2. The van der Waals surface area contributed by atoms with Gasteiger partial charge in [-0.1, -0.05) is 38.8 Å². The molecule has 1 aliphatic carbocycles. The van der Waals surface area contributed by atoms with Gasteiger partial charge in [0, 0.05) is 5.39 Å². The first kappa shape index (κ1) is 14.6. The van der Waals surface area contributed by atoms with Gasteiger partial charge >= 0.3 is 0 Å². The van der Waals surface area contributed by atoms with E-state index in [0.29, 0.717) is 11.8 Å². The molecule has 1 aliphatic rings. The molecule has 2 heteroatoms. The Morgan fingerprint density at radius 3 is 2.71 bits per heavy atom. The highest BCUT2D eigenvalue weighted by Gasteiger charge is 2.46. The van der Waals surface area contributed by atoms with E-state index in [9.17, 15) is 5.11 Å². The van der Waals surface area contributed by atoms with E-state index in [0.717, 1.165) is 29.6 Å². The van der Waals surface area contributed by atoms with E-state index in [1.54, 1.807) is 0 Å². The summed E-state index contributed by atoms with van der Waals surface area (Å²) in [4.78, 5) is 0. The largest absolute Gasteiger partial charge is 0.458 e. The average Bonchev–Trinajstić information content (AvgIpc) is 2.81. The topological polar surface area (TPSA) is 33.4 Å². The molecular weight excluding hydrogens is 260 g/mol. The van der Waals surface area contributed by atoms with Crippen molar-refractivity contribution in [3.8, 4) is 0 Å². The lowest BCUT2D eigenvalue weighted by atomic mass is 9.66. The first-order valence-corrected chi connectivity index (χ1v) is 8.13. The number of hydrogen-bond donors (Lipinski definition) is 1. The van der Waals surface area contributed by atoms with Crippen LogP contribution in [0.25, 0.3) is 11.0 Å². The summed E-state index contributed by atoms with van der Waals surface area (Å²) in [5.74, 6) is 2.03. The lowest BCUT2D eigenvalue weighted by Gasteiger charge is -2.43. The Morgan fingerprint density at radius 2 is 2.00 bits per heavy atom. The van der Waals surface area contributed by atoms with Gasteiger partial charge in [-0.05, 0) is 55.7 Å². The second kappa shape index (κ2) is 5.17. The number of benzene rings is 1. The van der Waals surface area contributed by atoms with Crippen LogP contribution in [0.2, 0.25) is 0 Å². The van der Waals surface area contributed by atoms with E-state index in [1.165, 1.54) is 12.0 Å². The Balaban J connectivity index is 2.07. The summed E-state index contributed by atoms with van der Waals surface area (Å²) in [6, 6.07) is 8.25. The van der Waals surface area contributed by atoms with Crippen molar-refractivity contribution in [2.24, 2.45) is 17.8 Å². The zero-order valence-electron chi connectivity index (χ0n) is 13.5. The molecule has 0 amide bonds. The Kier molecular flexibility index (Phi) is 3.61. The van der Waals surface area contributed by atoms with Gasteiger partial charge in [0.05, 0.1) is 0 Å². The smallest absolute Gasteiger partial charge is 0.137 e. The maximum absolute atomic E-state index is 11.4. The first-order valence-electron chi connectivity index (χ1n) is 8.13. The predicted octanol–water partition coefficient (Wildman–Crippen LogP) is 5.02. The molecule has 0 aliphatic heterocycles. The average molecular weight is 286 g/mol. The van der Waals surface area contributed by atoms with E-state index >= 15 is 0 Å². The molecule has 2 aromatic rings. The van der Waals surface area contributed by atoms with Gasteiger partial charge < -0.3 is 9.52 Å². The van der Waals surface area contributed by atoms with Crippen LogP contribution in [0.5, 0.6) is 0 Å². The summed E-state index contributed by atoms with van der Waals surface area (Å²) in [5, 5.41) is 12.5. The molecule has 0 radical (unpaired) electrons. The number of aryl methyl sites for hydroxylation is 1. The molecule has 1 heterocycles. The van der Waals surface area contributed by atoms with Crippen molar-refractivity contribution in [3.63, 3.8) is 0 Å². The summed E-state index contributed by atoms with van der Waals surface area (Å²) in [6.45, 7) is 8.73. The molecule has 1 aromatic heterocycles. The zero-order chi connectivity index (χ0) is 15.2. The summed E-state index contributed by atoms with van der Waals surface area (Å²) in [7, 11) is 0. The van der Waals surface area contributed by atoms with Crippen molar-refractivity contribution in [1.82, 2.24) is 0 Å². The number of rotatable bonds is 2. The van der Waals surface area contributed by atoms with Crippen molar-refractivity contribution in [2.45, 2.75) is 52.6 Å². The maximum atomic E-state index is 11.4. The van der Waals surface area contributed by atoms with E-state index in [2.05, 4.69) is 45.9 Å². The molecule has 1 N–H and O–H groups in total. The molecule has 0 bridgehead atoms. The van der Waals surface area contributed by atoms with Crippen molar-refractivity contribution >= 4 is 11.0 Å². The standard InChI is InChI=1S/C19H26O2/c1-12(2)16-7-5-14(4)11-19(16,20)18-10-15-9-13(3)6-8-17(15)21-18/h6,8-10,12,14,16,20H,5,7,11H2,1-4H3. The van der Waals surface area contributed by atoms with Crippen LogP contribution in [-0.4, -0.2) is 5.11 Å². The van der Waals surface area contributed by atoms with E-state index < -0.39 is 5.60 Å². The summed E-state index contributed by atoms with van der Waals surface area (Å²) in [5.41, 5.74) is 1.28. The van der Waals surface area contributed by atoms with Crippen LogP contribution in [0.3, 0.4) is 0 Å². The van der Waals surface area contributed by atoms with Crippen LogP contribution in [0.15, 0.2) is 28.7 Å². The third-order valence-corrected chi connectivity index (χ3v) is 5.15. The van der Waals surface area contributed by atoms with E-state index in [4.69, 9.17) is 4.42 Å². The highest BCUT2D eigenvalue weighted by atomic mass is 16.4. The van der Waals surface area contributed by atoms with Gasteiger partial charge in [-0.25, -0.2) is 0 Å². The maximum Gasteiger partial charge on any atom is 0.137 e. The fourth-order valence-electron chi connectivity index (χ4n) is 4.03. The Morgan fingerprint density at radius 1 is 1.24 bits per heavy atom. The predicted molar refractivity (Wildman–Crippen MR) is 86.2 cm³/mol. The third kappa shape index (κ3) is 2.50. The van der Waals surface area contributed by atoms with Gasteiger partial charge in [0.25, 0.3) is 0 Å². The number of aliphatic hydroxyl groups is 1. The van der Waals surface area contributed by atoms with Crippen molar-refractivity contribution in [1.29, 1.82) is 0 Å². The van der Waals surface area contributed by atoms with E-state index in [-0.39, 0.29) is 5.92 Å². The second-order valence-electron chi connectivity index (χ2n) is 7.31. The molecule has 3 unspecified atom stereocenters. The van der Waals surface area contributed by atoms with Gasteiger partial charge in [-0.15, -0.1) is 0 Å². The lowest BCUT2D eigenvalue weighted by Crippen LogP contribution is -2.42. The monoisotopic (exact) mass is 286 g/mol. The summed E-state index contributed by atoms with van der Waals surface area (Å²) in [6.07, 6.45) is 3.07. The molecule has 2 nitrogen and oxygen atoms in total. The van der Waals surface area contributed by atoms with Crippen molar-refractivity contribution < 1.29 is 9.52 Å². The van der Waals surface area contributed by atoms with Crippen LogP contribution >= 0.6 is 0 Å². The molecule has 21 heavy (non-hydrogen) atoms. The fourth-order valence-corrected chi connectivity index (χ4v) is 4.03. The van der Waals surface area contributed by atoms with Gasteiger partial charge in [0.1, 0.15) is 16.9 Å². The van der Waals surface area contributed by atoms with Crippen LogP contribution < -0.4 is 0 Å². The highest BCUT2D eigenvalue weighted by molar-refractivity contribution is 5.78. The summed E-state index contributed by atoms with van der Waals surface area (Å²) >= 11 is 0. The molecule has 1 fully saturated rings. The van der Waals surface area contributed by atoms with Crippen LogP contribution in [0.4, 0.5) is 0 Å². The van der Waals surface area contributed by atoms with Gasteiger partial charge in [0.15, 0.2) is 0 Å². The van der Waals surface area contributed by atoms with Crippen molar-refractivity contribution in [2.75, 3.05) is 0 Å². The SMILES string of the molecule is Cc1ccc2oc(C3(O)CC(C)CCC3C(C)C)cc2c1. The molecule has 1 saturated carbocycles. The normalized spacial score (nSPS) is 30.2. The highest BCUT2D eigenvalue weighted by Crippen LogP contribution is 2.48.